The highest BCUT2D eigenvalue weighted by Gasteiger charge is 2.12. The molecule has 0 bridgehead atoms. The van der Waals surface area contributed by atoms with Crippen molar-refractivity contribution in [1.29, 1.82) is 0 Å². The molecule has 8 heavy (non-hydrogen) atoms. The maximum Gasteiger partial charge on any atom is 0.0804 e. The van der Waals surface area contributed by atoms with Gasteiger partial charge in [0.05, 0.1) is 11.5 Å². The minimum Gasteiger partial charge on any atom is -0.302 e. The first kappa shape index (κ1) is 6.52. The van der Waals surface area contributed by atoms with Crippen LogP contribution < -0.4 is 5.32 Å². The monoisotopic (exact) mass is 177 g/mol. The smallest absolute Gasteiger partial charge is 0.0804 e. The van der Waals surface area contributed by atoms with Gasteiger partial charge in [0.2, 0.25) is 0 Å². The molecule has 1 rings (SSSR count). The number of piperazine rings is 1. The molecule has 1 unspecified atom stereocenters. The Labute approximate surface area is 58.4 Å². The van der Waals surface area contributed by atoms with Crippen molar-refractivity contribution in [2.45, 2.75) is 4.95 Å². The summed E-state index contributed by atoms with van der Waals surface area (Å²) in [5.74, 6) is 0. The third-order valence-corrected chi connectivity index (χ3v) is 1.75. The number of alkyl halides is 1. The Morgan fingerprint density at radius 1 is 1.88 bits per heavy atom. The summed E-state index contributed by atoms with van der Waals surface area (Å²) in [6.07, 6.45) is 0. The van der Waals surface area contributed by atoms with Crippen LogP contribution in [-0.4, -0.2) is 30.0 Å². The average molecular weight is 178 g/mol. The van der Waals surface area contributed by atoms with E-state index in [0.717, 1.165) is 13.1 Å². The second-order valence-corrected chi connectivity index (χ2v) is 2.97. The van der Waals surface area contributed by atoms with Crippen molar-refractivity contribution >= 4 is 15.9 Å². The van der Waals surface area contributed by atoms with E-state index in [-0.39, 0.29) is 0 Å². The van der Waals surface area contributed by atoms with E-state index < -0.39 is 0 Å². The first-order valence-electron chi connectivity index (χ1n) is 2.72. The molecule has 1 saturated heterocycles. The Hall–Kier alpha value is 0.400. The fourth-order valence-corrected chi connectivity index (χ4v) is 1.36. The zero-order valence-corrected chi connectivity index (χ0v) is 6.48. The van der Waals surface area contributed by atoms with Crippen molar-refractivity contribution in [3.05, 3.63) is 6.54 Å². The molecule has 1 N–H and O–H groups in total. The number of hydrogen-bond acceptors (Lipinski definition) is 2. The molecular formula is C5H10BrN2. The largest absolute Gasteiger partial charge is 0.302 e. The lowest BCUT2D eigenvalue weighted by atomic mass is 10.4. The van der Waals surface area contributed by atoms with E-state index in [1.54, 1.807) is 0 Å². The summed E-state index contributed by atoms with van der Waals surface area (Å²) in [6.45, 7) is 4.30. The fourth-order valence-electron chi connectivity index (χ4n) is 0.729. The first-order chi connectivity index (χ1) is 3.79. The fraction of sp³-hybridized carbons (Fsp3) is 0.800. The zero-order valence-electron chi connectivity index (χ0n) is 4.89. The van der Waals surface area contributed by atoms with Crippen LogP contribution in [0.5, 0.6) is 0 Å². The van der Waals surface area contributed by atoms with Crippen LogP contribution in [0, 0.1) is 6.54 Å². The molecule has 1 aliphatic rings. The molecule has 1 fully saturated rings. The van der Waals surface area contributed by atoms with E-state index in [1.807, 2.05) is 0 Å². The highest BCUT2D eigenvalue weighted by atomic mass is 79.9. The number of likely N-dealkylation sites (N-methyl/N-ethyl adjacent to an activating group) is 1. The van der Waals surface area contributed by atoms with Gasteiger partial charge in [-0.25, -0.2) is 0 Å². The molecule has 0 aromatic carbocycles. The predicted octanol–water partition coefficient (Wildman–Crippen LogP) is 0.404. The second-order valence-electron chi connectivity index (χ2n) is 1.99. The van der Waals surface area contributed by atoms with Gasteiger partial charge in [0.1, 0.15) is 0 Å². The van der Waals surface area contributed by atoms with Gasteiger partial charge < -0.3 is 5.32 Å². The van der Waals surface area contributed by atoms with Crippen molar-refractivity contribution in [3.8, 4) is 0 Å². The van der Waals surface area contributed by atoms with Gasteiger partial charge in [0.15, 0.2) is 0 Å². The number of nitrogens with one attached hydrogen (secondary N) is 1. The van der Waals surface area contributed by atoms with Crippen molar-refractivity contribution in [2.24, 2.45) is 0 Å². The van der Waals surface area contributed by atoms with E-state index in [9.17, 15) is 0 Å². The Morgan fingerprint density at radius 3 is 3.00 bits per heavy atom. The average Bonchev–Trinajstić information content (AvgIpc) is 1.64. The summed E-state index contributed by atoms with van der Waals surface area (Å²) in [5, 5.41) is 3.23. The lowest BCUT2D eigenvalue weighted by Gasteiger charge is -2.26. The van der Waals surface area contributed by atoms with Gasteiger partial charge in [-0.1, -0.05) is 15.9 Å². The van der Waals surface area contributed by atoms with Gasteiger partial charge in [0, 0.05) is 13.1 Å². The van der Waals surface area contributed by atoms with Crippen LogP contribution in [0.3, 0.4) is 0 Å². The summed E-state index contributed by atoms with van der Waals surface area (Å²) < 4.78 is 0. The van der Waals surface area contributed by atoms with E-state index in [2.05, 4.69) is 39.7 Å². The Morgan fingerprint density at radius 2 is 2.62 bits per heavy atom. The van der Waals surface area contributed by atoms with Crippen LogP contribution >= 0.6 is 15.9 Å². The van der Waals surface area contributed by atoms with Crippen LogP contribution in [0.2, 0.25) is 0 Å². The Balaban J connectivity index is 2.23. The molecule has 1 aliphatic heterocycles. The maximum atomic E-state index is 3.42. The zero-order chi connectivity index (χ0) is 5.98. The quantitative estimate of drug-likeness (QED) is 0.426. The summed E-state index contributed by atoms with van der Waals surface area (Å²) in [5.41, 5.74) is 0. The van der Waals surface area contributed by atoms with Gasteiger partial charge in [-0.2, -0.15) is 0 Å². The maximum absolute atomic E-state index is 3.42. The van der Waals surface area contributed by atoms with Crippen LogP contribution in [-0.2, 0) is 0 Å². The minimum absolute atomic E-state index is 0.376. The minimum atomic E-state index is 0.376. The molecule has 0 aliphatic carbocycles. The molecule has 1 radical (unpaired) electrons. The molecule has 0 amide bonds. The summed E-state index contributed by atoms with van der Waals surface area (Å²) in [4.78, 5) is 2.55. The van der Waals surface area contributed by atoms with Gasteiger partial charge >= 0.3 is 0 Å². The van der Waals surface area contributed by atoms with Gasteiger partial charge in [-0.05, 0) is 7.05 Å². The topological polar surface area (TPSA) is 15.3 Å². The first-order valence-corrected chi connectivity index (χ1v) is 3.63. The molecule has 3 heteroatoms. The molecular weight excluding hydrogens is 168 g/mol. The summed E-state index contributed by atoms with van der Waals surface area (Å²) >= 11 is 3.42. The molecule has 0 aromatic rings. The lowest BCUT2D eigenvalue weighted by Crippen LogP contribution is -2.42. The third kappa shape index (κ3) is 1.73. The van der Waals surface area contributed by atoms with E-state index in [1.165, 1.54) is 0 Å². The van der Waals surface area contributed by atoms with Crippen molar-refractivity contribution in [3.63, 3.8) is 0 Å². The molecule has 47 valence electrons. The molecule has 0 aromatic heterocycles. The highest BCUT2D eigenvalue weighted by molar-refractivity contribution is 9.09. The van der Waals surface area contributed by atoms with Gasteiger partial charge in [-0.15, -0.1) is 0 Å². The SMILES string of the molecule is CN1[CH]C(Br)NCC1. The van der Waals surface area contributed by atoms with Crippen LogP contribution in [0.1, 0.15) is 0 Å². The lowest BCUT2D eigenvalue weighted by molar-refractivity contribution is 0.339. The molecule has 1 heterocycles. The highest BCUT2D eigenvalue weighted by Crippen LogP contribution is 2.05. The van der Waals surface area contributed by atoms with Crippen LogP contribution in [0.15, 0.2) is 0 Å². The number of hydrogen-bond donors (Lipinski definition) is 1. The normalized spacial score (nSPS) is 33.0. The van der Waals surface area contributed by atoms with Crippen molar-refractivity contribution < 1.29 is 0 Å². The third-order valence-electron chi connectivity index (χ3n) is 1.19. The molecule has 0 saturated carbocycles. The molecule has 2 nitrogen and oxygen atoms in total. The van der Waals surface area contributed by atoms with E-state index in [0.29, 0.717) is 4.95 Å². The molecule has 0 spiro atoms. The van der Waals surface area contributed by atoms with Crippen molar-refractivity contribution in [1.82, 2.24) is 10.2 Å². The summed E-state index contributed by atoms with van der Waals surface area (Å²) in [6, 6.07) is 0. The standard InChI is InChI=1S/C5H10BrN2/c1-8-3-2-7-5(6)4-8/h4-5,7H,2-3H2,1H3. The van der Waals surface area contributed by atoms with Gasteiger partial charge in [0.25, 0.3) is 0 Å². The van der Waals surface area contributed by atoms with Crippen LogP contribution in [0.25, 0.3) is 0 Å². The number of nitrogens with zero attached hydrogens (tertiary/aromatic N) is 1. The predicted molar refractivity (Wildman–Crippen MR) is 37.6 cm³/mol. The van der Waals surface area contributed by atoms with E-state index in [4.69, 9.17) is 0 Å². The summed E-state index contributed by atoms with van der Waals surface area (Å²) in [7, 11) is 2.08. The number of rotatable bonds is 0. The Kier molecular flexibility index (Phi) is 2.28. The second kappa shape index (κ2) is 2.80. The van der Waals surface area contributed by atoms with Crippen molar-refractivity contribution in [2.75, 3.05) is 20.1 Å². The van der Waals surface area contributed by atoms with E-state index >= 15 is 0 Å². The molecule has 1 atom stereocenters. The van der Waals surface area contributed by atoms with Crippen LogP contribution in [0.4, 0.5) is 0 Å². The Bertz CT molecular complexity index is 68.8. The number of halogens is 1. The van der Waals surface area contributed by atoms with Gasteiger partial charge in [-0.3, -0.25) is 4.90 Å².